The van der Waals surface area contributed by atoms with Crippen LogP contribution in [0.5, 0.6) is 5.75 Å². The van der Waals surface area contributed by atoms with E-state index in [1.54, 1.807) is 12.1 Å². The Hall–Kier alpha value is -4.39. The molecular formula is C31H38N4O7. The zero-order valence-electron chi connectivity index (χ0n) is 24.3. The van der Waals surface area contributed by atoms with Crippen LogP contribution in [0.4, 0.5) is 4.79 Å². The molecule has 0 bridgehead atoms. The molecule has 0 aliphatic rings. The molecule has 42 heavy (non-hydrogen) atoms. The van der Waals surface area contributed by atoms with Gasteiger partial charge in [0.15, 0.2) is 0 Å². The molecule has 0 fully saturated rings. The van der Waals surface area contributed by atoms with E-state index in [2.05, 4.69) is 16.7 Å². The third-order valence-electron chi connectivity index (χ3n) is 6.15. The predicted octanol–water partition coefficient (Wildman–Crippen LogP) is 3.87. The van der Waals surface area contributed by atoms with Gasteiger partial charge in [0, 0.05) is 30.5 Å². The highest BCUT2D eigenvalue weighted by molar-refractivity contribution is 5.75. The maximum Gasteiger partial charge on any atom is 0.404 e. The average molecular weight is 579 g/mol. The number of nitrogens with zero attached hydrogens (tertiary/aromatic N) is 3. The van der Waals surface area contributed by atoms with Crippen molar-refractivity contribution in [3.05, 3.63) is 76.6 Å². The largest absolute Gasteiger partial charge is 0.491 e. The van der Waals surface area contributed by atoms with Crippen LogP contribution in [-0.4, -0.2) is 80.8 Å². The number of aliphatic hydroxyl groups is 1. The van der Waals surface area contributed by atoms with E-state index in [-0.39, 0.29) is 6.61 Å². The van der Waals surface area contributed by atoms with E-state index in [9.17, 15) is 10.1 Å². The Labute approximate surface area is 246 Å². The number of aliphatic hydroxyl groups excluding tert-OH is 1. The monoisotopic (exact) mass is 578 g/mol. The Kier molecular flexibility index (Phi) is 15.2. The third kappa shape index (κ3) is 10.9. The van der Waals surface area contributed by atoms with Gasteiger partial charge in [-0.2, -0.15) is 10.5 Å². The summed E-state index contributed by atoms with van der Waals surface area (Å²) in [6.07, 6.45) is -0.995. The molecule has 0 saturated heterocycles. The van der Waals surface area contributed by atoms with Crippen molar-refractivity contribution in [2.24, 2.45) is 0 Å². The summed E-state index contributed by atoms with van der Waals surface area (Å²) < 4.78 is 23.9. The maximum atomic E-state index is 9.84. The molecule has 11 nitrogen and oxygen atoms in total. The van der Waals surface area contributed by atoms with Crippen LogP contribution in [0.25, 0.3) is 11.1 Å². The van der Waals surface area contributed by atoms with Crippen molar-refractivity contribution in [1.29, 1.82) is 10.5 Å². The summed E-state index contributed by atoms with van der Waals surface area (Å²) in [6.45, 7) is 7.76. The second-order valence-electron chi connectivity index (χ2n) is 8.92. The van der Waals surface area contributed by atoms with E-state index in [0.717, 1.165) is 33.8 Å². The van der Waals surface area contributed by atoms with Gasteiger partial charge in [-0.15, -0.1) is 0 Å². The average Bonchev–Trinajstić information content (AvgIpc) is 3.25. The van der Waals surface area contributed by atoms with Gasteiger partial charge in [0.1, 0.15) is 18.4 Å². The summed E-state index contributed by atoms with van der Waals surface area (Å²) in [5.41, 5.74) is 6.11. The number of rotatable bonds is 15. The third-order valence-corrected chi connectivity index (χ3v) is 6.15. The van der Waals surface area contributed by atoms with Crippen LogP contribution in [-0.2, 0) is 20.8 Å². The molecular weight excluding hydrogens is 540 g/mol. The number of carboxylic acid groups (broad SMARTS) is 1. The molecule has 0 aliphatic heterocycles. The Morgan fingerprint density at radius 1 is 0.833 bits per heavy atom. The van der Waals surface area contributed by atoms with Crippen LogP contribution < -0.4 is 10.1 Å². The number of nitrogens with one attached hydrogen (secondary N) is 1. The summed E-state index contributed by atoms with van der Waals surface area (Å²) in [6, 6.07) is 19.8. The highest BCUT2D eigenvalue weighted by Crippen LogP contribution is 2.32. The topological polar surface area (TPSA) is 159 Å². The highest BCUT2D eigenvalue weighted by atomic mass is 16.6. The van der Waals surface area contributed by atoms with E-state index < -0.39 is 6.09 Å². The molecule has 3 rings (SSSR count). The molecule has 2 aromatic carbocycles. The fraction of sp³-hybridized carbons (Fsp3) is 0.387. The zero-order chi connectivity index (χ0) is 30.7. The lowest BCUT2D eigenvalue weighted by Gasteiger charge is -2.12. The number of aromatic nitrogens is 1. The molecule has 3 aromatic rings. The molecule has 1 aromatic heterocycles. The Morgan fingerprint density at radius 3 is 1.88 bits per heavy atom. The quantitative estimate of drug-likeness (QED) is 0.228. The number of benzene rings is 2. The lowest BCUT2D eigenvalue weighted by Crippen LogP contribution is -2.13. The van der Waals surface area contributed by atoms with Gasteiger partial charge in [-0.3, -0.25) is 0 Å². The van der Waals surface area contributed by atoms with Crippen molar-refractivity contribution in [3.63, 3.8) is 0 Å². The van der Waals surface area contributed by atoms with Crippen molar-refractivity contribution in [2.45, 2.75) is 20.4 Å². The molecule has 0 unspecified atom stereocenters. The molecule has 0 spiro atoms. The minimum atomic E-state index is -0.995. The summed E-state index contributed by atoms with van der Waals surface area (Å²) in [7, 11) is 1.35. The fourth-order valence-electron chi connectivity index (χ4n) is 4.02. The van der Waals surface area contributed by atoms with Gasteiger partial charge in [-0.1, -0.05) is 24.3 Å². The molecule has 11 heteroatoms. The smallest absolute Gasteiger partial charge is 0.404 e. The number of nitriles is 2. The number of carbonyl (C=O) groups is 1. The van der Waals surface area contributed by atoms with Crippen LogP contribution in [0.2, 0.25) is 0 Å². The Balaban J connectivity index is 0.00000113. The molecule has 1 amide bonds. The van der Waals surface area contributed by atoms with E-state index in [1.165, 1.54) is 7.05 Å². The van der Waals surface area contributed by atoms with Crippen molar-refractivity contribution < 1.29 is 34.0 Å². The van der Waals surface area contributed by atoms with Gasteiger partial charge in [0.25, 0.3) is 0 Å². The van der Waals surface area contributed by atoms with Crippen LogP contribution in [0, 0.1) is 36.5 Å². The molecule has 0 atom stereocenters. The second-order valence-corrected chi connectivity index (χ2v) is 8.92. The van der Waals surface area contributed by atoms with Gasteiger partial charge < -0.3 is 39.0 Å². The molecule has 3 N–H and O–H groups in total. The van der Waals surface area contributed by atoms with Crippen LogP contribution in [0.1, 0.15) is 28.1 Å². The standard InChI is InChI=1S/C29H33N3O5.C2H5NO2/c1-22-28(20-31)29(26-7-3-24(19-30)4-8-26)23(2)32(22)21-25-5-9-27(10-6-25)37-18-17-36-16-15-35-14-13-34-12-11-33;1-3-2(4)5/h3-10,33H,11-18,21H2,1-2H3;3H,1H3,(H,4,5). The zero-order valence-corrected chi connectivity index (χ0v) is 24.3. The van der Waals surface area contributed by atoms with Crippen LogP contribution >= 0.6 is 0 Å². The normalized spacial score (nSPS) is 10.2. The van der Waals surface area contributed by atoms with Gasteiger partial charge in [-0.05, 0) is 49.2 Å². The Morgan fingerprint density at radius 2 is 1.38 bits per heavy atom. The van der Waals surface area contributed by atoms with Gasteiger partial charge in [0.2, 0.25) is 0 Å². The lowest BCUT2D eigenvalue weighted by atomic mass is 10.0. The van der Waals surface area contributed by atoms with Crippen molar-refractivity contribution in [1.82, 2.24) is 9.88 Å². The Bertz CT molecular complexity index is 1320. The van der Waals surface area contributed by atoms with Crippen LogP contribution in [0.3, 0.4) is 0 Å². The number of amides is 1. The first-order valence-electron chi connectivity index (χ1n) is 13.4. The first kappa shape index (κ1) is 33.8. The molecule has 0 radical (unpaired) electrons. The lowest BCUT2D eigenvalue weighted by molar-refractivity contribution is 0.00361. The van der Waals surface area contributed by atoms with Crippen LogP contribution in [0.15, 0.2) is 48.5 Å². The van der Waals surface area contributed by atoms with Gasteiger partial charge in [-0.25, -0.2) is 4.79 Å². The van der Waals surface area contributed by atoms with E-state index in [1.807, 2.05) is 55.6 Å². The van der Waals surface area contributed by atoms with Crippen molar-refractivity contribution >= 4 is 6.09 Å². The first-order valence-corrected chi connectivity index (χ1v) is 13.4. The van der Waals surface area contributed by atoms with E-state index in [4.69, 9.17) is 34.4 Å². The van der Waals surface area contributed by atoms with Gasteiger partial charge in [0.05, 0.1) is 63.4 Å². The summed E-state index contributed by atoms with van der Waals surface area (Å²) in [4.78, 5) is 9.26. The van der Waals surface area contributed by atoms with Crippen molar-refractivity contribution in [2.75, 3.05) is 59.9 Å². The second kappa shape index (κ2) is 18.9. The SMILES string of the molecule is CNC(=O)O.Cc1c(C#N)c(-c2ccc(C#N)cc2)c(C)n1Cc1ccc(OCCOCCOCCOCCO)cc1. The molecule has 0 aliphatic carbocycles. The number of ether oxygens (including phenoxy) is 4. The fourth-order valence-corrected chi connectivity index (χ4v) is 4.02. The first-order chi connectivity index (χ1) is 20.4. The molecule has 0 saturated carbocycles. The minimum absolute atomic E-state index is 0.0172. The summed E-state index contributed by atoms with van der Waals surface area (Å²) in [5, 5.41) is 37.1. The highest BCUT2D eigenvalue weighted by Gasteiger charge is 2.19. The maximum absolute atomic E-state index is 9.84. The van der Waals surface area contributed by atoms with Crippen molar-refractivity contribution in [3.8, 4) is 29.0 Å². The molecule has 224 valence electrons. The number of hydrogen-bond acceptors (Lipinski definition) is 8. The summed E-state index contributed by atoms with van der Waals surface area (Å²) in [5.74, 6) is 0.765. The predicted molar refractivity (Wildman–Crippen MR) is 156 cm³/mol. The number of hydrogen-bond donors (Lipinski definition) is 3. The summed E-state index contributed by atoms with van der Waals surface area (Å²) >= 11 is 0. The van der Waals surface area contributed by atoms with Gasteiger partial charge >= 0.3 is 6.09 Å². The van der Waals surface area contributed by atoms with E-state index in [0.29, 0.717) is 63.9 Å². The van der Waals surface area contributed by atoms with E-state index >= 15 is 0 Å². The molecule has 1 heterocycles. The minimum Gasteiger partial charge on any atom is -0.491 e.